The topological polar surface area (TPSA) is 71.1 Å². The maximum absolute atomic E-state index is 12.7. The van der Waals surface area contributed by atoms with Gasteiger partial charge < -0.3 is 19.7 Å². The van der Waals surface area contributed by atoms with Gasteiger partial charge in [-0.25, -0.2) is 0 Å². The van der Waals surface area contributed by atoms with Crippen LogP contribution in [-0.4, -0.2) is 67.6 Å². The van der Waals surface area contributed by atoms with E-state index in [1.54, 1.807) is 0 Å². The lowest BCUT2D eigenvalue weighted by atomic mass is 10.1. The summed E-state index contributed by atoms with van der Waals surface area (Å²) in [7, 11) is 0. The van der Waals surface area contributed by atoms with E-state index in [-0.39, 0.29) is 11.8 Å². The summed E-state index contributed by atoms with van der Waals surface area (Å²) in [6, 6.07) is 13.6. The molecule has 0 atom stereocenters. The first-order valence-corrected chi connectivity index (χ1v) is 10.9. The number of carbonyl (C=O) groups is 2. The number of nitrogens with zero attached hydrogens (tertiary/aromatic N) is 2. The average Bonchev–Trinajstić information content (AvgIpc) is 2.79. The monoisotopic (exact) mass is 423 g/mol. The summed E-state index contributed by atoms with van der Waals surface area (Å²) in [6.07, 6.45) is 1.21. The summed E-state index contributed by atoms with van der Waals surface area (Å²) in [5.74, 6) is 1.52. The van der Waals surface area contributed by atoms with Crippen LogP contribution in [0.1, 0.15) is 18.1 Å². The van der Waals surface area contributed by atoms with Crippen LogP contribution in [0.3, 0.4) is 0 Å². The van der Waals surface area contributed by atoms with Crippen LogP contribution in [-0.2, 0) is 22.4 Å². The molecule has 164 valence electrons. The van der Waals surface area contributed by atoms with Crippen LogP contribution in [0.4, 0.5) is 5.69 Å². The summed E-state index contributed by atoms with van der Waals surface area (Å²) in [6.45, 7) is 6.13. The smallest absolute Gasteiger partial charge is 0.238 e. The Kier molecular flexibility index (Phi) is 6.72. The summed E-state index contributed by atoms with van der Waals surface area (Å²) in [5.41, 5.74) is 2.93. The molecule has 2 aliphatic heterocycles. The van der Waals surface area contributed by atoms with Crippen molar-refractivity contribution >= 4 is 17.5 Å². The maximum atomic E-state index is 12.7. The predicted octanol–water partition coefficient (Wildman–Crippen LogP) is 2.35. The lowest BCUT2D eigenvalue weighted by molar-refractivity contribution is -0.132. The fourth-order valence-corrected chi connectivity index (χ4v) is 3.98. The molecule has 0 spiro atoms. The number of piperazine rings is 1. The van der Waals surface area contributed by atoms with Gasteiger partial charge in [0.2, 0.25) is 11.8 Å². The third-order valence-electron chi connectivity index (χ3n) is 5.73. The van der Waals surface area contributed by atoms with Crippen LogP contribution in [0.25, 0.3) is 0 Å². The highest BCUT2D eigenvalue weighted by molar-refractivity contribution is 5.93. The van der Waals surface area contributed by atoms with Crippen LogP contribution < -0.4 is 14.8 Å². The van der Waals surface area contributed by atoms with Crippen LogP contribution in [0.2, 0.25) is 0 Å². The highest BCUT2D eigenvalue weighted by atomic mass is 16.6. The standard InChI is InChI=1S/C24H29N3O4/c1-2-19-5-3-4-6-20(19)25-23(28)17-26-9-11-27(12-10-26)24(29)16-18-7-8-21-22(15-18)31-14-13-30-21/h3-8,15H,2,9-14,16-17H2,1H3,(H,25,28). The molecule has 2 amide bonds. The normalized spacial score (nSPS) is 16.1. The number of hydrogen-bond donors (Lipinski definition) is 1. The summed E-state index contributed by atoms with van der Waals surface area (Å²) >= 11 is 0. The van der Waals surface area contributed by atoms with Crippen molar-refractivity contribution in [2.45, 2.75) is 19.8 Å². The van der Waals surface area contributed by atoms with Crippen LogP contribution in [0.15, 0.2) is 42.5 Å². The molecule has 2 aromatic rings. The minimum atomic E-state index is -0.0167. The molecule has 31 heavy (non-hydrogen) atoms. The molecule has 0 saturated carbocycles. The number of para-hydroxylation sites is 1. The molecule has 0 aliphatic carbocycles. The van der Waals surface area contributed by atoms with Gasteiger partial charge in [0, 0.05) is 31.9 Å². The maximum Gasteiger partial charge on any atom is 0.238 e. The molecular weight excluding hydrogens is 394 g/mol. The zero-order valence-corrected chi connectivity index (χ0v) is 17.9. The number of aryl methyl sites for hydroxylation is 1. The van der Waals surface area contributed by atoms with Crippen molar-refractivity contribution in [3.63, 3.8) is 0 Å². The Morgan fingerprint density at radius 3 is 2.48 bits per heavy atom. The fraction of sp³-hybridized carbons (Fsp3) is 0.417. The molecular formula is C24H29N3O4. The first kappa shape index (κ1) is 21.2. The Balaban J connectivity index is 1.24. The van der Waals surface area contributed by atoms with E-state index in [0.29, 0.717) is 58.1 Å². The highest BCUT2D eigenvalue weighted by Gasteiger charge is 2.23. The van der Waals surface area contributed by atoms with E-state index in [2.05, 4.69) is 17.1 Å². The zero-order chi connectivity index (χ0) is 21.6. The largest absolute Gasteiger partial charge is 0.486 e. The van der Waals surface area contributed by atoms with Gasteiger partial charge in [0.25, 0.3) is 0 Å². The molecule has 0 radical (unpaired) electrons. The van der Waals surface area contributed by atoms with Crippen LogP contribution in [0, 0.1) is 0 Å². The van der Waals surface area contributed by atoms with Crippen molar-refractivity contribution in [1.82, 2.24) is 9.80 Å². The second-order valence-corrected chi connectivity index (χ2v) is 7.87. The number of ether oxygens (including phenoxy) is 2. The molecule has 2 aliphatic rings. The molecule has 1 fully saturated rings. The highest BCUT2D eigenvalue weighted by Crippen LogP contribution is 2.31. The lowest BCUT2D eigenvalue weighted by Crippen LogP contribution is -2.50. The molecule has 1 saturated heterocycles. The SMILES string of the molecule is CCc1ccccc1NC(=O)CN1CCN(C(=O)Cc2ccc3c(c2)OCCO3)CC1. The number of carbonyl (C=O) groups excluding carboxylic acids is 2. The van der Waals surface area contributed by atoms with Gasteiger partial charge in [0.05, 0.1) is 13.0 Å². The second kappa shape index (κ2) is 9.83. The molecule has 0 bridgehead atoms. The molecule has 0 unspecified atom stereocenters. The van der Waals surface area contributed by atoms with Crippen molar-refractivity contribution in [2.75, 3.05) is 51.3 Å². The Bertz CT molecular complexity index is 938. The fourth-order valence-electron chi connectivity index (χ4n) is 3.98. The second-order valence-electron chi connectivity index (χ2n) is 7.87. The van der Waals surface area contributed by atoms with E-state index in [4.69, 9.17) is 9.47 Å². The summed E-state index contributed by atoms with van der Waals surface area (Å²) in [4.78, 5) is 29.2. The van der Waals surface area contributed by atoms with Gasteiger partial charge in [0.1, 0.15) is 13.2 Å². The van der Waals surface area contributed by atoms with Gasteiger partial charge >= 0.3 is 0 Å². The summed E-state index contributed by atoms with van der Waals surface area (Å²) in [5, 5.41) is 3.02. The van der Waals surface area contributed by atoms with Gasteiger partial charge in [0.15, 0.2) is 11.5 Å². The number of amides is 2. The first-order chi connectivity index (χ1) is 15.1. The van der Waals surface area contributed by atoms with Crippen molar-refractivity contribution in [1.29, 1.82) is 0 Å². The van der Waals surface area contributed by atoms with Gasteiger partial charge in [-0.2, -0.15) is 0 Å². The Labute approximate surface area is 182 Å². The number of fused-ring (bicyclic) bond motifs is 1. The van der Waals surface area contributed by atoms with Gasteiger partial charge in [-0.1, -0.05) is 31.2 Å². The number of rotatable bonds is 6. The minimum Gasteiger partial charge on any atom is -0.486 e. The van der Waals surface area contributed by atoms with Crippen LogP contribution in [0.5, 0.6) is 11.5 Å². The summed E-state index contributed by atoms with van der Waals surface area (Å²) < 4.78 is 11.1. The molecule has 7 nitrogen and oxygen atoms in total. The molecule has 4 rings (SSSR count). The quantitative estimate of drug-likeness (QED) is 0.772. The first-order valence-electron chi connectivity index (χ1n) is 10.9. The number of benzene rings is 2. The van der Waals surface area contributed by atoms with Crippen molar-refractivity contribution in [2.24, 2.45) is 0 Å². The van der Waals surface area contributed by atoms with Gasteiger partial charge in [-0.15, -0.1) is 0 Å². The van der Waals surface area contributed by atoms with E-state index in [1.807, 2.05) is 47.4 Å². The van der Waals surface area contributed by atoms with E-state index in [1.165, 1.54) is 0 Å². The molecule has 2 heterocycles. The average molecular weight is 424 g/mol. The Morgan fingerprint density at radius 2 is 1.71 bits per heavy atom. The molecule has 1 N–H and O–H groups in total. The number of hydrogen-bond acceptors (Lipinski definition) is 5. The third kappa shape index (κ3) is 5.35. The number of anilines is 1. The zero-order valence-electron chi connectivity index (χ0n) is 17.9. The van der Waals surface area contributed by atoms with E-state index >= 15 is 0 Å². The van der Waals surface area contributed by atoms with Gasteiger partial charge in [-0.05, 0) is 35.7 Å². The van der Waals surface area contributed by atoms with E-state index < -0.39 is 0 Å². The van der Waals surface area contributed by atoms with Crippen LogP contribution >= 0.6 is 0 Å². The van der Waals surface area contributed by atoms with E-state index in [9.17, 15) is 9.59 Å². The van der Waals surface area contributed by atoms with Crippen molar-refractivity contribution in [3.05, 3.63) is 53.6 Å². The number of nitrogens with one attached hydrogen (secondary N) is 1. The van der Waals surface area contributed by atoms with Crippen molar-refractivity contribution in [3.8, 4) is 11.5 Å². The Morgan fingerprint density at radius 1 is 0.968 bits per heavy atom. The predicted molar refractivity (Wildman–Crippen MR) is 119 cm³/mol. The molecule has 2 aromatic carbocycles. The molecule has 0 aromatic heterocycles. The van der Waals surface area contributed by atoms with Gasteiger partial charge in [-0.3, -0.25) is 14.5 Å². The Hall–Kier alpha value is -3.06. The van der Waals surface area contributed by atoms with E-state index in [0.717, 1.165) is 29.0 Å². The third-order valence-corrected chi connectivity index (χ3v) is 5.73. The minimum absolute atomic E-state index is 0.0167. The lowest BCUT2D eigenvalue weighted by Gasteiger charge is -2.34. The molecule has 7 heteroatoms. The van der Waals surface area contributed by atoms with Crippen molar-refractivity contribution < 1.29 is 19.1 Å².